The van der Waals surface area contributed by atoms with E-state index in [1.165, 1.54) is 11.2 Å². The lowest BCUT2D eigenvalue weighted by Crippen LogP contribution is -2.32. The number of carbonyl (C=O) groups is 2. The van der Waals surface area contributed by atoms with Crippen LogP contribution in [0, 0.1) is 0 Å². The average Bonchev–Trinajstić information content (AvgIpc) is 2.80. The minimum Gasteiger partial charge on any atom is -0.480 e. The van der Waals surface area contributed by atoms with Gasteiger partial charge in [-0.1, -0.05) is 18.2 Å². The normalized spacial score (nSPS) is 11.3. The van der Waals surface area contributed by atoms with Crippen molar-refractivity contribution >= 4 is 24.0 Å². The third-order valence-corrected chi connectivity index (χ3v) is 4.50. The molecule has 0 aliphatic rings. The van der Waals surface area contributed by atoms with E-state index >= 15 is 0 Å². The number of amides is 1. The van der Waals surface area contributed by atoms with Crippen molar-refractivity contribution in [3.63, 3.8) is 0 Å². The summed E-state index contributed by atoms with van der Waals surface area (Å²) in [7, 11) is 3.17. The van der Waals surface area contributed by atoms with Crippen molar-refractivity contribution in [3.05, 3.63) is 66.2 Å². The van der Waals surface area contributed by atoms with Crippen molar-refractivity contribution in [1.29, 1.82) is 0 Å². The lowest BCUT2D eigenvalue weighted by molar-refractivity contribution is -0.137. The first-order valence-corrected chi connectivity index (χ1v) is 10.2. The number of hydrogen-bond acceptors (Lipinski definition) is 9. The quantitative estimate of drug-likeness (QED) is 0.419. The van der Waals surface area contributed by atoms with Crippen LogP contribution in [0.15, 0.2) is 55.0 Å². The molecule has 1 amide bonds. The number of ether oxygens (including phenoxy) is 1. The zero-order chi connectivity index (χ0) is 23.6. The fraction of sp³-hybridized carbons (Fsp3) is 0.273. The minimum absolute atomic E-state index is 0.147. The molecule has 2 aromatic heterocycles. The zero-order valence-electron chi connectivity index (χ0n) is 18.3. The van der Waals surface area contributed by atoms with Crippen LogP contribution in [-0.2, 0) is 17.6 Å². The summed E-state index contributed by atoms with van der Waals surface area (Å²) in [5.74, 6) is -0.201. The van der Waals surface area contributed by atoms with Gasteiger partial charge in [-0.2, -0.15) is 4.98 Å². The topological polar surface area (TPSA) is 142 Å². The van der Waals surface area contributed by atoms with Gasteiger partial charge in [0.25, 0.3) is 0 Å². The second kappa shape index (κ2) is 11.4. The summed E-state index contributed by atoms with van der Waals surface area (Å²) in [6.07, 6.45) is 3.41. The Morgan fingerprint density at radius 3 is 2.48 bits per heavy atom. The van der Waals surface area contributed by atoms with Gasteiger partial charge in [0.2, 0.25) is 11.9 Å². The molecule has 0 saturated heterocycles. The van der Waals surface area contributed by atoms with Gasteiger partial charge in [-0.25, -0.2) is 19.6 Å². The number of hydrogen-bond donors (Lipinski definition) is 3. The number of rotatable bonds is 10. The number of nitrogens with zero attached hydrogens (tertiary/aromatic N) is 5. The van der Waals surface area contributed by atoms with E-state index in [1.807, 2.05) is 18.2 Å². The number of benzene rings is 1. The van der Waals surface area contributed by atoms with Gasteiger partial charge in [0, 0.05) is 45.4 Å². The second-order valence-corrected chi connectivity index (χ2v) is 7.28. The molecule has 0 bridgehead atoms. The van der Waals surface area contributed by atoms with Crippen LogP contribution in [0.4, 0.5) is 16.7 Å². The first-order valence-electron chi connectivity index (χ1n) is 10.2. The van der Waals surface area contributed by atoms with Crippen molar-refractivity contribution in [2.45, 2.75) is 18.9 Å². The van der Waals surface area contributed by atoms with Crippen LogP contribution in [-0.4, -0.2) is 68.7 Å². The lowest BCUT2D eigenvalue weighted by Gasteiger charge is -2.15. The smallest absolute Gasteiger partial charge is 0.414 e. The van der Waals surface area contributed by atoms with E-state index in [4.69, 9.17) is 4.74 Å². The van der Waals surface area contributed by atoms with Crippen LogP contribution in [0.1, 0.15) is 11.3 Å². The molecule has 0 saturated carbocycles. The Kier molecular flexibility index (Phi) is 8.06. The molecule has 11 heteroatoms. The van der Waals surface area contributed by atoms with Crippen LogP contribution < -0.4 is 15.4 Å². The molecule has 0 fully saturated rings. The standard InChI is InChI=1S/C22H25N7O4/c1-29(2)22(32)33-17-8-6-15(7-9-17)13-18(19(30)31)27-21-26-14-25-20(28-21)24-12-10-16-5-3-4-11-23-16/h3-9,11,14,18H,10,12-13H2,1-2H3,(H,30,31)(H2,24,25,26,27,28)/t18-/m0/s1. The van der Waals surface area contributed by atoms with Crippen molar-refractivity contribution in [1.82, 2.24) is 24.8 Å². The second-order valence-electron chi connectivity index (χ2n) is 7.28. The summed E-state index contributed by atoms with van der Waals surface area (Å²) in [5, 5.41) is 15.5. The van der Waals surface area contributed by atoms with Crippen LogP contribution in [0.2, 0.25) is 0 Å². The molecule has 172 valence electrons. The predicted molar refractivity (Wildman–Crippen MR) is 121 cm³/mol. The van der Waals surface area contributed by atoms with E-state index in [2.05, 4.69) is 30.6 Å². The number of anilines is 2. The SMILES string of the molecule is CN(C)C(=O)Oc1ccc(C[C@H](Nc2ncnc(NCCc3ccccn3)n2)C(=O)O)cc1. The highest BCUT2D eigenvalue weighted by Gasteiger charge is 2.19. The molecular weight excluding hydrogens is 426 g/mol. The molecule has 3 aromatic rings. The third-order valence-electron chi connectivity index (χ3n) is 4.50. The maximum absolute atomic E-state index is 11.8. The number of carboxylic acid groups (broad SMARTS) is 1. The Balaban J connectivity index is 1.57. The molecule has 0 unspecified atom stereocenters. The zero-order valence-corrected chi connectivity index (χ0v) is 18.3. The molecule has 3 rings (SSSR count). The fourth-order valence-corrected chi connectivity index (χ4v) is 2.78. The fourth-order valence-electron chi connectivity index (χ4n) is 2.78. The van der Waals surface area contributed by atoms with Gasteiger partial charge in [0.05, 0.1) is 0 Å². The summed E-state index contributed by atoms with van der Waals surface area (Å²) in [6.45, 7) is 0.563. The van der Waals surface area contributed by atoms with E-state index in [0.717, 1.165) is 11.3 Å². The van der Waals surface area contributed by atoms with Gasteiger partial charge in [-0.15, -0.1) is 0 Å². The number of aromatic nitrogens is 4. The molecule has 1 aromatic carbocycles. The van der Waals surface area contributed by atoms with Crippen molar-refractivity contribution in [2.24, 2.45) is 0 Å². The maximum atomic E-state index is 11.8. The maximum Gasteiger partial charge on any atom is 0.414 e. The van der Waals surface area contributed by atoms with Gasteiger partial charge < -0.3 is 25.4 Å². The van der Waals surface area contributed by atoms with Gasteiger partial charge >= 0.3 is 12.1 Å². The molecule has 0 spiro atoms. The first-order chi connectivity index (χ1) is 15.9. The van der Waals surface area contributed by atoms with Crippen molar-refractivity contribution < 1.29 is 19.4 Å². The molecule has 0 radical (unpaired) electrons. The Morgan fingerprint density at radius 2 is 1.82 bits per heavy atom. The molecule has 0 aliphatic carbocycles. The van der Waals surface area contributed by atoms with Crippen LogP contribution >= 0.6 is 0 Å². The summed E-state index contributed by atoms with van der Waals surface area (Å²) >= 11 is 0. The van der Waals surface area contributed by atoms with Gasteiger partial charge in [0.1, 0.15) is 18.1 Å². The summed E-state index contributed by atoms with van der Waals surface area (Å²) in [6, 6.07) is 11.4. The number of nitrogens with one attached hydrogen (secondary N) is 2. The number of pyridine rings is 1. The molecule has 33 heavy (non-hydrogen) atoms. The Labute approximate surface area is 190 Å². The molecule has 2 heterocycles. The highest BCUT2D eigenvalue weighted by molar-refractivity contribution is 5.77. The average molecular weight is 451 g/mol. The summed E-state index contributed by atoms with van der Waals surface area (Å²) in [4.78, 5) is 41.3. The van der Waals surface area contributed by atoms with E-state index in [1.54, 1.807) is 44.6 Å². The molecule has 3 N–H and O–H groups in total. The van der Waals surface area contributed by atoms with E-state index in [9.17, 15) is 14.7 Å². The van der Waals surface area contributed by atoms with E-state index < -0.39 is 18.1 Å². The third kappa shape index (κ3) is 7.42. The number of carboxylic acids is 1. The highest BCUT2D eigenvalue weighted by atomic mass is 16.6. The van der Waals surface area contributed by atoms with Crippen molar-refractivity contribution in [3.8, 4) is 5.75 Å². The molecular formula is C22H25N7O4. The predicted octanol–water partition coefficient (Wildman–Crippen LogP) is 2.09. The largest absolute Gasteiger partial charge is 0.480 e. The molecule has 0 aliphatic heterocycles. The Bertz CT molecular complexity index is 1060. The van der Waals surface area contributed by atoms with E-state index in [0.29, 0.717) is 24.7 Å². The van der Waals surface area contributed by atoms with Crippen molar-refractivity contribution in [2.75, 3.05) is 31.3 Å². The van der Waals surface area contributed by atoms with Crippen LogP contribution in [0.25, 0.3) is 0 Å². The van der Waals surface area contributed by atoms with Crippen LogP contribution in [0.5, 0.6) is 5.75 Å². The Morgan fingerprint density at radius 1 is 1.06 bits per heavy atom. The van der Waals surface area contributed by atoms with Gasteiger partial charge in [-0.05, 0) is 29.8 Å². The number of aliphatic carboxylic acids is 1. The highest BCUT2D eigenvalue weighted by Crippen LogP contribution is 2.15. The lowest BCUT2D eigenvalue weighted by atomic mass is 10.1. The Hall–Kier alpha value is -4.28. The van der Waals surface area contributed by atoms with E-state index in [-0.39, 0.29) is 12.4 Å². The molecule has 11 nitrogen and oxygen atoms in total. The monoisotopic (exact) mass is 451 g/mol. The number of carbonyl (C=O) groups excluding carboxylic acids is 1. The minimum atomic E-state index is -1.05. The van der Waals surface area contributed by atoms with Gasteiger partial charge in [-0.3, -0.25) is 4.98 Å². The molecule has 1 atom stereocenters. The van der Waals surface area contributed by atoms with Crippen LogP contribution in [0.3, 0.4) is 0 Å². The summed E-state index contributed by atoms with van der Waals surface area (Å²) in [5.41, 5.74) is 1.67. The summed E-state index contributed by atoms with van der Waals surface area (Å²) < 4.78 is 5.17. The van der Waals surface area contributed by atoms with Gasteiger partial charge in [0.15, 0.2) is 0 Å². The first kappa shape index (κ1) is 23.4.